The van der Waals surface area contributed by atoms with Crippen molar-refractivity contribution in [3.8, 4) is 11.3 Å². The highest BCUT2D eigenvalue weighted by atomic mass is 14.7. The molecule has 0 saturated carbocycles. The van der Waals surface area contributed by atoms with E-state index in [9.17, 15) is 0 Å². The number of aryl methyl sites for hydroxylation is 1. The number of anilines is 1. The summed E-state index contributed by atoms with van der Waals surface area (Å²) < 4.78 is 0. The third kappa shape index (κ3) is 1.71. The summed E-state index contributed by atoms with van der Waals surface area (Å²) in [5.41, 5.74) is 9.27. The Labute approximate surface area is 82.6 Å². The highest BCUT2D eigenvalue weighted by Gasteiger charge is 1.98. The minimum absolute atomic E-state index is 0.675. The van der Waals surface area contributed by atoms with Gasteiger partial charge in [0.1, 0.15) is 0 Å². The van der Waals surface area contributed by atoms with Crippen LogP contribution < -0.4 is 5.73 Å². The minimum atomic E-state index is 0.675. The first-order valence-corrected chi connectivity index (χ1v) is 4.39. The Bertz CT molecular complexity index is 435. The molecule has 70 valence electrons. The van der Waals surface area contributed by atoms with Gasteiger partial charge in [0.2, 0.25) is 0 Å². The van der Waals surface area contributed by atoms with Crippen molar-refractivity contribution in [3.05, 3.63) is 42.4 Å². The van der Waals surface area contributed by atoms with Gasteiger partial charge in [-0.1, -0.05) is 0 Å². The number of hydrogen-bond donors (Lipinski definition) is 1. The van der Waals surface area contributed by atoms with Crippen molar-refractivity contribution in [2.24, 2.45) is 0 Å². The highest BCUT2D eigenvalue weighted by molar-refractivity contribution is 5.59. The predicted octanol–water partition coefficient (Wildman–Crippen LogP) is 2.03. The molecule has 2 aromatic rings. The lowest BCUT2D eigenvalue weighted by Crippen LogP contribution is -1.89. The molecule has 0 saturated heterocycles. The Morgan fingerprint density at radius 1 is 1.14 bits per heavy atom. The zero-order valence-electron chi connectivity index (χ0n) is 7.94. The highest BCUT2D eigenvalue weighted by Crippen LogP contribution is 2.17. The molecule has 0 aliphatic carbocycles. The first kappa shape index (κ1) is 8.69. The van der Waals surface area contributed by atoms with Crippen LogP contribution in [0.2, 0.25) is 0 Å². The average molecular weight is 185 g/mol. The van der Waals surface area contributed by atoms with Gasteiger partial charge in [-0.2, -0.15) is 0 Å². The number of nitrogen functional groups attached to an aromatic ring is 1. The Hall–Kier alpha value is -1.90. The second-order valence-electron chi connectivity index (χ2n) is 3.23. The van der Waals surface area contributed by atoms with Gasteiger partial charge < -0.3 is 5.73 Å². The minimum Gasteiger partial charge on any atom is -0.397 e. The molecule has 0 bridgehead atoms. The van der Waals surface area contributed by atoms with Crippen molar-refractivity contribution in [1.29, 1.82) is 0 Å². The Morgan fingerprint density at radius 3 is 2.64 bits per heavy atom. The lowest BCUT2D eigenvalue weighted by molar-refractivity contribution is 1.24. The normalized spacial score (nSPS) is 10.1. The second kappa shape index (κ2) is 3.46. The van der Waals surface area contributed by atoms with E-state index in [4.69, 9.17) is 5.73 Å². The van der Waals surface area contributed by atoms with E-state index in [0.29, 0.717) is 5.69 Å². The van der Waals surface area contributed by atoms with Crippen LogP contribution >= 0.6 is 0 Å². The van der Waals surface area contributed by atoms with Gasteiger partial charge in [-0.3, -0.25) is 9.97 Å². The molecule has 0 fully saturated rings. The average Bonchev–Trinajstić information content (AvgIpc) is 2.19. The van der Waals surface area contributed by atoms with Gasteiger partial charge in [0.25, 0.3) is 0 Å². The van der Waals surface area contributed by atoms with E-state index < -0.39 is 0 Å². The summed E-state index contributed by atoms with van der Waals surface area (Å²) in [6, 6.07) is 5.78. The molecule has 0 aromatic carbocycles. The molecule has 0 amide bonds. The molecule has 0 spiro atoms. The summed E-state index contributed by atoms with van der Waals surface area (Å²) in [5.74, 6) is 0. The number of rotatable bonds is 1. The summed E-state index contributed by atoms with van der Waals surface area (Å²) in [6.45, 7) is 2.01. The molecule has 3 heteroatoms. The maximum atomic E-state index is 5.56. The van der Waals surface area contributed by atoms with Crippen LogP contribution in [0.15, 0.2) is 36.8 Å². The Morgan fingerprint density at radius 2 is 2.00 bits per heavy atom. The van der Waals surface area contributed by atoms with Gasteiger partial charge in [0.15, 0.2) is 0 Å². The first-order valence-electron chi connectivity index (χ1n) is 4.39. The van der Waals surface area contributed by atoms with Gasteiger partial charge in [0.05, 0.1) is 17.6 Å². The lowest BCUT2D eigenvalue weighted by atomic mass is 10.1. The van der Waals surface area contributed by atoms with Crippen molar-refractivity contribution < 1.29 is 0 Å². The summed E-state index contributed by atoms with van der Waals surface area (Å²) in [7, 11) is 0. The molecule has 0 radical (unpaired) electrons. The van der Waals surface area contributed by atoms with Crippen LogP contribution in [0, 0.1) is 6.92 Å². The van der Waals surface area contributed by atoms with Crippen molar-refractivity contribution in [1.82, 2.24) is 9.97 Å². The summed E-state index contributed by atoms with van der Waals surface area (Å²) in [4.78, 5) is 8.34. The zero-order chi connectivity index (χ0) is 9.97. The van der Waals surface area contributed by atoms with Crippen LogP contribution in [0.1, 0.15) is 5.56 Å². The van der Waals surface area contributed by atoms with E-state index in [1.165, 1.54) is 0 Å². The van der Waals surface area contributed by atoms with Gasteiger partial charge in [0, 0.05) is 18.0 Å². The molecule has 14 heavy (non-hydrogen) atoms. The predicted molar refractivity (Wildman–Crippen MR) is 56.6 cm³/mol. The fourth-order valence-corrected chi connectivity index (χ4v) is 1.27. The van der Waals surface area contributed by atoms with E-state index in [0.717, 1.165) is 16.8 Å². The van der Waals surface area contributed by atoms with Gasteiger partial charge in [-0.15, -0.1) is 0 Å². The van der Waals surface area contributed by atoms with Crippen LogP contribution in [0.4, 0.5) is 5.69 Å². The number of hydrogen-bond acceptors (Lipinski definition) is 3. The molecule has 2 aromatic heterocycles. The van der Waals surface area contributed by atoms with Crippen LogP contribution in [0.5, 0.6) is 0 Å². The number of nitrogens with two attached hydrogens (primary N) is 1. The van der Waals surface area contributed by atoms with Crippen molar-refractivity contribution in [3.63, 3.8) is 0 Å². The molecular weight excluding hydrogens is 174 g/mol. The van der Waals surface area contributed by atoms with Crippen LogP contribution in [-0.4, -0.2) is 9.97 Å². The lowest BCUT2D eigenvalue weighted by Gasteiger charge is -2.01. The van der Waals surface area contributed by atoms with E-state index in [1.54, 1.807) is 12.4 Å². The van der Waals surface area contributed by atoms with E-state index in [1.807, 2.05) is 31.3 Å². The maximum absolute atomic E-state index is 5.56. The van der Waals surface area contributed by atoms with Crippen molar-refractivity contribution in [2.45, 2.75) is 6.92 Å². The van der Waals surface area contributed by atoms with Crippen LogP contribution in [0.3, 0.4) is 0 Å². The summed E-state index contributed by atoms with van der Waals surface area (Å²) >= 11 is 0. The van der Waals surface area contributed by atoms with Crippen LogP contribution in [-0.2, 0) is 0 Å². The van der Waals surface area contributed by atoms with Gasteiger partial charge in [-0.25, -0.2) is 0 Å². The Balaban J connectivity index is 2.44. The third-order valence-corrected chi connectivity index (χ3v) is 1.96. The first-order chi connectivity index (χ1) is 6.75. The number of nitrogens with zero attached hydrogens (tertiary/aromatic N) is 2. The quantitative estimate of drug-likeness (QED) is 0.739. The molecule has 0 aliphatic heterocycles. The molecule has 2 heterocycles. The van der Waals surface area contributed by atoms with E-state index >= 15 is 0 Å². The van der Waals surface area contributed by atoms with Crippen LogP contribution in [0.25, 0.3) is 11.3 Å². The molecular formula is C11H11N3. The third-order valence-electron chi connectivity index (χ3n) is 1.96. The van der Waals surface area contributed by atoms with Crippen molar-refractivity contribution in [2.75, 3.05) is 5.73 Å². The van der Waals surface area contributed by atoms with Crippen molar-refractivity contribution >= 4 is 5.69 Å². The maximum Gasteiger partial charge on any atom is 0.0719 e. The molecule has 3 nitrogen and oxygen atoms in total. The largest absolute Gasteiger partial charge is 0.397 e. The zero-order valence-corrected chi connectivity index (χ0v) is 7.94. The molecule has 0 atom stereocenters. The van der Waals surface area contributed by atoms with E-state index in [2.05, 4.69) is 9.97 Å². The molecule has 0 aliphatic rings. The summed E-state index contributed by atoms with van der Waals surface area (Å²) in [6.07, 6.45) is 5.27. The topological polar surface area (TPSA) is 51.8 Å². The Kier molecular flexibility index (Phi) is 2.14. The fraction of sp³-hybridized carbons (Fsp3) is 0.0909. The SMILES string of the molecule is Cc1cncc(-c2ccc(N)cn2)c1. The van der Waals surface area contributed by atoms with Gasteiger partial charge in [-0.05, 0) is 30.7 Å². The monoisotopic (exact) mass is 185 g/mol. The number of pyridine rings is 2. The molecule has 2 rings (SSSR count). The second-order valence-corrected chi connectivity index (χ2v) is 3.23. The molecule has 0 unspecified atom stereocenters. The van der Waals surface area contributed by atoms with E-state index in [-0.39, 0.29) is 0 Å². The molecule has 2 N–H and O–H groups in total. The fourth-order valence-electron chi connectivity index (χ4n) is 1.27. The summed E-state index contributed by atoms with van der Waals surface area (Å²) in [5, 5.41) is 0. The standard InChI is InChI=1S/C11H11N3/c1-8-4-9(6-13-5-8)11-3-2-10(12)7-14-11/h2-7H,12H2,1H3. The number of aromatic nitrogens is 2. The van der Waals surface area contributed by atoms with Gasteiger partial charge >= 0.3 is 0 Å². The smallest absolute Gasteiger partial charge is 0.0719 e.